The first-order chi connectivity index (χ1) is 8.77. The maximum Gasteiger partial charge on any atom is 0.236 e. The molecule has 2 heterocycles. The zero-order valence-electron chi connectivity index (χ0n) is 10.2. The molecule has 0 spiro atoms. The Hall–Kier alpha value is -0.870. The van der Waals surface area contributed by atoms with Crippen molar-refractivity contribution in [2.45, 2.75) is 31.3 Å². The summed E-state index contributed by atoms with van der Waals surface area (Å²) in [5, 5.41) is 3.40. The number of hydrogen-bond acceptors (Lipinski definition) is 2. The second-order valence-corrected chi connectivity index (χ2v) is 5.88. The molecule has 0 bridgehead atoms. The third kappa shape index (κ3) is 2.08. The Kier molecular flexibility index (Phi) is 3.39. The standard InChI is InChI=1S/C14H17BrN2O/c15-11-6-2-1-5-10(11)14-12-7-3-4-8-17(12)13(18)9-16-14/h1-2,5-6,12,14,16H,3-4,7-9H2. The number of nitrogens with zero attached hydrogens (tertiary/aromatic N) is 1. The van der Waals surface area contributed by atoms with E-state index in [1.165, 1.54) is 12.0 Å². The van der Waals surface area contributed by atoms with Gasteiger partial charge in [-0.25, -0.2) is 0 Å². The highest BCUT2D eigenvalue weighted by Crippen LogP contribution is 2.34. The molecule has 0 saturated carbocycles. The van der Waals surface area contributed by atoms with E-state index < -0.39 is 0 Å². The Bertz CT molecular complexity index is 463. The number of amides is 1. The summed E-state index contributed by atoms with van der Waals surface area (Å²) in [4.78, 5) is 14.0. The number of piperazine rings is 1. The fourth-order valence-electron chi connectivity index (χ4n) is 3.09. The predicted octanol–water partition coefficient (Wildman–Crippen LogP) is 2.47. The number of nitrogens with one attached hydrogen (secondary N) is 1. The van der Waals surface area contributed by atoms with Crippen molar-refractivity contribution in [3.63, 3.8) is 0 Å². The molecule has 0 aromatic heterocycles. The minimum absolute atomic E-state index is 0.253. The Labute approximate surface area is 116 Å². The highest BCUT2D eigenvalue weighted by Gasteiger charge is 2.38. The molecule has 2 aliphatic rings. The van der Waals surface area contributed by atoms with Crippen molar-refractivity contribution in [1.82, 2.24) is 10.2 Å². The summed E-state index contributed by atoms with van der Waals surface area (Å²) >= 11 is 3.62. The number of rotatable bonds is 1. The van der Waals surface area contributed by atoms with E-state index in [4.69, 9.17) is 0 Å². The molecule has 2 unspecified atom stereocenters. The molecule has 4 heteroatoms. The monoisotopic (exact) mass is 308 g/mol. The molecule has 3 rings (SSSR count). The largest absolute Gasteiger partial charge is 0.337 e. The molecular weight excluding hydrogens is 292 g/mol. The van der Waals surface area contributed by atoms with E-state index in [0.29, 0.717) is 12.6 Å². The van der Waals surface area contributed by atoms with Crippen LogP contribution < -0.4 is 5.32 Å². The molecule has 0 radical (unpaired) electrons. The fraction of sp³-hybridized carbons (Fsp3) is 0.500. The smallest absolute Gasteiger partial charge is 0.236 e. The van der Waals surface area contributed by atoms with Gasteiger partial charge in [-0.05, 0) is 30.9 Å². The SMILES string of the molecule is O=C1CNC(c2ccccc2Br)C2CCCCN12. The summed E-state index contributed by atoms with van der Waals surface area (Å²) < 4.78 is 1.13. The molecule has 1 aromatic carbocycles. The van der Waals surface area contributed by atoms with Crippen molar-refractivity contribution in [3.05, 3.63) is 34.3 Å². The van der Waals surface area contributed by atoms with Crippen LogP contribution in [0.1, 0.15) is 30.9 Å². The second-order valence-electron chi connectivity index (χ2n) is 5.03. The molecule has 2 saturated heterocycles. The first-order valence-electron chi connectivity index (χ1n) is 6.54. The molecule has 96 valence electrons. The van der Waals surface area contributed by atoms with Gasteiger partial charge in [0.05, 0.1) is 18.6 Å². The zero-order chi connectivity index (χ0) is 12.5. The first-order valence-corrected chi connectivity index (χ1v) is 7.34. The van der Waals surface area contributed by atoms with Crippen molar-refractivity contribution >= 4 is 21.8 Å². The lowest BCUT2D eigenvalue weighted by Gasteiger charge is -2.45. The van der Waals surface area contributed by atoms with Crippen LogP contribution in [0.3, 0.4) is 0 Å². The maximum absolute atomic E-state index is 11.9. The number of carbonyl (C=O) groups excluding carboxylic acids is 1. The van der Waals surface area contributed by atoms with Crippen LogP contribution in [-0.4, -0.2) is 29.9 Å². The summed E-state index contributed by atoms with van der Waals surface area (Å²) in [6.07, 6.45) is 3.47. The lowest BCUT2D eigenvalue weighted by atomic mass is 9.89. The van der Waals surface area contributed by atoms with Crippen LogP contribution in [0.25, 0.3) is 0 Å². The Morgan fingerprint density at radius 1 is 1.28 bits per heavy atom. The number of halogens is 1. The molecule has 2 aliphatic heterocycles. The lowest BCUT2D eigenvalue weighted by molar-refractivity contribution is -0.138. The Balaban J connectivity index is 1.92. The van der Waals surface area contributed by atoms with Crippen LogP contribution in [-0.2, 0) is 4.79 Å². The van der Waals surface area contributed by atoms with Gasteiger partial charge in [-0.1, -0.05) is 34.1 Å². The van der Waals surface area contributed by atoms with E-state index >= 15 is 0 Å². The van der Waals surface area contributed by atoms with Gasteiger partial charge in [-0.15, -0.1) is 0 Å². The van der Waals surface area contributed by atoms with E-state index in [0.717, 1.165) is 23.9 Å². The molecular formula is C14H17BrN2O. The van der Waals surface area contributed by atoms with Crippen LogP contribution in [0.4, 0.5) is 0 Å². The molecule has 3 nitrogen and oxygen atoms in total. The van der Waals surface area contributed by atoms with Crippen molar-refractivity contribution in [2.24, 2.45) is 0 Å². The van der Waals surface area contributed by atoms with E-state index in [2.05, 4.69) is 44.3 Å². The van der Waals surface area contributed by atoms with Gasteiger partial charge in [-0.3, -0.25) is 10.1 Å². The fourth-order valence-corrected chi connectivity index (χ4v) is 3.62. The lowest BCUT2D eigenvalue weighted by Crippen LogP contribution is -2.58. The van der Waals surface area contributed by atoms with E-state index in [9.17, 15) is 4.79 Å². The van der Waals surface area contributed by atoms with Crippen LogP contribution >= 0.6 is 15.9 Å². The molecule has 2 atom stereocenters. The van der Waals surface area contributed by atoms with Crippen molar-refractivity contribution < 1.29 is 4.79 Å². The average Bonchev–Trinajstić information content (AvgIpc) is 2.41. The van der Waals surface area contributed by atoms with Crippen LogP contribution in [0.5, 0.6) is 0 Å². The van der Waals surface area contributed by atoms with Gasteiger partial charge >= 0.3 is 0 Å². The summed E-state index contributed by atoms with van der Waals surface area (Å²) in [6, 6.07) is 8.88. The minimum Gasteiger partial charge on any atom is -0.337 e. The van der Waals surface area contributed by atoms with Crippen molar-refractivity contribution in [1.29, 1.82) is 0 Å². The summed E-state index contributed by atoms with van der Waals surface area (Å²) in [5.74, 6) is 0.253. The average molecular weight is 309 g/mol. The first kappa shape index (κ1) is 12.2. The topological polar surface area (TPSA) is 32.3 Å². The Morgan fingerprint density at radius 3 is 2.94 bits per heavy atom. The third-order valence-corrected chi connectivity index (χ3v) is 4.69. The van der Waals surface area contributed by atoms with Crippen molar-refractivity contribution in [2.75, 3.05) is 13.1 Å². The highest BCUT2D eigenvalue weighted by atomic mass is 79.9. The normalized spacial score (nSPS) is 28.1. The van der Waals surface area contributed by atoms with Gasteiger partial charge in [-0.2, -0.15) is 0 Å². The summed E-state index contributed by atoms with van der Waals surface area (Å²) in [7, 11) is 0. The minimum atomic E-state index is 0.253. The van der Waals surface area contributed by atoms with Gasteiger partial charge in [0.2, 0.25) is 5.91 Å². The summed E-state index contributed by atoms with van der Waals surface area (Å²) in [6.45, 7) is 1.38. The van der Waals surface area contributed by atoms with Gasteiger partial charge < -0.3 is 4.90 Å². The second kappa shape index (κ2) is 5.02. The molecule has 1 N–H and O–H groups in total. The van der Waals surface area contributed by atoms with Gasteiger partial charge in [0.1, 0.15) is 0 Å². The summed E-state index contributed by atoms with van der Waals surface area (Å²) in [5.41, 5.74) is 1.27. The Morgan fingerprint density at radius 2 is 2.11 bits per heavy atom. The number of fused-ring (bicyclic) bond motifs is 1. The zero-order valence-corrected chi connectivity index (χ0v) is 11.8. The molecule has 1 aromatic rings. The third-order valence-electron chi connectivity index (χ3n) is 3.97. The number of carbonyl (C=O) groups is 1. The quantitative estimate of drug-likeness (QED) is 0.864. The van der Waals surface area contributed by atoms with E-state index in [1.54, 1.807) is 0 Å². The van der Waals surface area contributed by atoms with Gasteiger partial charge in [0.15, 0.2) is 0 Å². The van der Waals surface area contributed by atoms with E-state index in [1.807, 2.05) is 6.07 Å². The predicted molar refractivity (Wildman–Crippen MR) is 74.2 cm³/mol. The van der Waals surface area contributed by atoms with Gasteiger partial charge in [0.25, 0.3) is 0 Å². The van der Waals surface area contributed by atoms with Gasteiger partial charge in [0, 0.05) is 11.0 Å². The molecule has 18 heavy (non-hydrogen) atoms. The molecule has 2 fully saturated rings. The molecule has 0 aliphatic carbocycles. The van der Waals surface area contributed by atoms with Crippen LogP contribution in [0.15, 0.2) is 28.7 Å². The highest BCUT2D eigenvalue weighted by molar-refractivity contribution is 9.10. The van der Waals surface area contributed by atoms with Crippen molar-refractivity contribution in [3.8, 4) is 0 Å². The number of piperidine rings is 1. The van der Waals surface area contributed by atoms with E-state index in [-0.39, 0.29) is 11.9 Å². The number of hydrogen-bond donors (Lipinski definition) is 1. The maximum atomic E-state index is 11.9. The molecule has 1 amide bonds. The number of benzene rings is 1. The van der Waals surface area contributed by atoms with Crippen LogP contribution in [0.2, 0.25) is 0 Å². The van der Waals surface area contributed by atoms with Crippen LogP contribution in [0, 0.1) is 0 Å².